The van der Waals surface area contributed by atoms with Crippen molar-refractivity contribution in [3.63, 3.8) is 0 Å². The van der Waals surface area contributed by atoms with Crippen LogP contribution in [0.15, 0.2) is 53.0 Å². The molecule has 0 spiro atoms. The number of methoxy groups -OCH3 is 2. The Morgan fingerprint density at radius 1 is 1.14 bits per heavy atom. The molecule has 4 heteroatoms. The van der Waals surface area contributed by atoms with Crippen molar-refractivity contribution >= 4 is 27.8 Å². The summed E-state index contributed by atoms with van der Waals surface area (Å²) in [5.74, 6) is 0.745. The Bertz CT molecular complexity index is 675. The highest BCUT2D eigenvalue weighted by molar-refractivity contribution is 9.10. The second kappa shape index (κ2) is 7.92. The van der Waals surface area contributed by atoms with Gasteiger partial charge in [0.25, 0.3) is 0 Å². The van der Waals surface area contributed by atoms with Gasteiger partial charge in [-0.15, -0.1) is 0 Å². The topological polar surface area (TPSA) is 35.5 Å². The number of ether oxygens (including phenoxy) is 2. The maximum absolute atomic E-state index is 12.1. The molecule has 0 unspecified atom stereocenters. The van der Waals surface area contributed by atoms with Crippen LogP contribution in [0.25, 0.3) is 6.08 Å². The highest BCUT2D eigenvalue weighted by atomic mass is 79.9. The standard InChI is InChI=1S/C18H17BrO3/c1-21-12-15-11-13(4-10-18(15)22-2)3-9-17(20)14-5-7-16(19)8-6-14/h3-11H,12H2,1-2H3/b9-3+. The number of hydrogen-bond donors (Lipinski definition) is 0. The predicted molar refractivity (Wildman–Crippen MR) is 91.2 cm³/mol. The van der Waals surface area contributed by atoms with E-state index >= 15 is 0 Å². The summed E-state index contributed by atoms with van der Waals surface area (Å²) in [4.78, 5) is 12.1. The number of rotatable bonds is 6. The molecule has 0 aliphatic heterocycles. The third-order valence-corrected chi connectivity index (χ3v) is 3.69. The maximum Gasteiger partial charge on any atom is 0.185 e. The zero-order chi connectivity index (χ0) is 15.9. The van der Waals surface area contributed by atoms with E-state index in [9.17, 15) is 4.79 Å². The summed E-state index contributed by atoms with van der Waals surface area (Å²) in [7, 11) is 3.26. The summed E-state index contributed by atoms with van der Waals surface area (Å²) >= 11 is 3.35. The van der Waals surface area contributed by atoms with Gasteiger partial charge in [-0.1, -0.05) is 28.1 Å². The van der Waals surface area contributed by atoms with E-state index in [-0.39, 0.29) is 5.78 Å². The number of halogens is 1. The lowest BCUT2D eigenvalue weighted by atomic mass is 10.1. The first kappa shape index (κ1) is 16.5. The Kier molecular flexibility index (Phi) is 5.92. The summed E-state index contributed by atoms with van der Waals surface area (Å²) in [6.45, 7) is 0.464. The van der Waals surface area contributed by atoms with Gasteiger partial charge in [0.15, 0.2) is 5.78 Å². The molecule has 2 aromatic carbocycles. The fourth-order valence-corrected chi connectivity index (χ4v) is 2.32. The van der Waals surface area contributed by atoms with E-state index in [1.807, 2.05) is 30.3 Å². The zero-order valence-electron chi connectivity index (χ0n) is 12.5. The van der Waals surface area contributed by atoms with Gasteiger partial charge in [0.1, 0.15) is 5.75 Å². The van der Waals surface area contributed by atoms with Crippen LogP contribution in [-0.2, 0) is 11.3 Å². The summed E-state index contributed by atoms with van der Waals surface area (Å²) in [6, 6.07) is 13.0. The molecular weight excluding hydrogens is 344 g/mol. The zero-order valence-corrected chi connectivity index (χ0v) is 14.1. The predicted octanol–water partition coefficient (Wildman–Crippen LogP) is 4.50. The SMILES string of the molecule is COCc1cc(/C=C/C(=O)c2ccc(Br)cc2)ccc1OC. The highest BCUT2D eigenvalue weighted by Crippen LogP contribution is 2.21. The Morgan fingerprint density at radius 2 is 1.86 bits per heavy atom. The van der Waals surface area contributed by atoms with Crippen LogP contribution in [0.1, 0.15) is 21.5 Å². The van der Waals surface area contributed by atoms with Gasteiger partial charge in [-0.05, 0) is 48.0 Å². The lowest BCUT2D eigenvalue weighted by Crippen LogP contribution is -1.95. The van der Waals surface area contributed by atoms with Crippen molar-refractivity contribution in [2.75, 3.05) is 14.2 Å². The fraction of sp³-hybridized carbons (Fsp3) is 0.167. The molecule has 3 nitrogen and oxygen atoms in total. The first-order chi connectivity index (χ1) is 10.6. The average molecular weight is 361 g/mol. The Hall–Kier alpha value is -1.91. The largest absolute Gasteiger partial charge is 0.496 e. The van der Waals surface area contributed by atoms with Gasteiger partial charge >= 0.3 is 0 Å². The normalized spacial score (nSPS) is 10.9. The fourth-order valence-electron chi connectivity index (χ4n) is 2.05. The molecule has 0 fully saturated rings. The van der Waals surface area contributed by atoms with Crippen LogP contribution in [0.4, 0.5) is 0 Å². The smallest absolute Gasteiger partial charge is 0.185 e. The van der Waals surface area contributed by atoms with Crippen LogP contribution in [0.3, 0.4) is 0 Å². The molecule has 0 saturated heterocycles. The van der Waals surface area contributed by atoms with Crippen molar-refractivity contribution in [1.82, 2.24) is 0 Å². The number of ketones is 1. The molecule has 0 bridgehead atoms. The quantitative estimate of drug-likeness (QED) is 0.561. The summed E-state index contributed by atoms with van der Waals surface area (Å²) in [5, 5.41) is 0. The molecule has 114 valence electrons. The number of carbonyl (C=O) groups excluding carboxylic acids is 1. The van der Waals surface area contributed by atoms with Crippen LogP contribution in [-0.4, -0.2) is 20.0 Å². The monoisotopic (exact) mass is 360 g/mol. The molecule has 0 aliphatic rings. The molecular formula is C18H17BrO3. The Balaban J connectivity index is 2.17. The van der Waals surface area contributed by atoms with Crippen molar-refractivity contribution in [2.45, 2.75) is 6.61 Å². The van der Waals surface area contributed by atoms with Crippen molar-refractivity contribution in [3.05, 3.63) is 69.7 Å². The Morgan fingerprint density at radius 3 is 2.50 bits per heavy atom. The van der Waals surface area contributed by atoms with Gasteiger partial charge < -0.3 is 9.47 Å². The van der Waals surface area contributed by atoms with Gasteiger partial charge in [-0.3, -0.25) is 4.79 Å². The Labute approximate surface area is 138 Å². The summed E-state index contributed by atoms with van der Waals surface area (Å²) in [6.07, 6.45) is 3.37. The minimum absolute atomic E-state index is 0.0309. The summed E-state index contributed by atoms with van der Waals surface area (Å²) in [5.41, 5.74) is 2.53. The van der Waals surface area contributed by atoms with E-state index in [2.05, 4.69) is 15.9 Å². The van der Waals surface area contributed by atoms with Crippen molar-refractivity contribution in [1.29, 1.82) is 0 Å². The second-order valence-electron chi connectivity index (χ2n) is 4.71. The van der Waals surface area contributed by atoms with Crippen LogP contribution in [0.2, 0.25) is 0 Å². The number of allylic oxidation sites excluding steroid dienone is 1. The van der Waals surface area contributed by atoms with Gasteiger partial charge in [-0.25, -0.2) is 0 Å². The van der Waals surface area contributed by atoms with E-state index in [0.29, 0.717) is 12.2 Å². The van der Waals surface area contributed by atoms with Crippen molar-refractivity contribution < 1.29 is 14.3 Å². The average Bonchev–Trinajstić information content (AvgIpc) is 2.54. The first-order valence-electron chi connectivity index (χ1n) is 6.78. The molecule has 2 aromatic rings. The van der Waals surface area contributed by atoms with Gasteiger partial charge in [-0.2, -0.15) is 0 Å². The van der Waals surface area contributed by atoms with Crippen molar-refractivity contribution in [2.24, 2.45) is 0 Å². The minimum Gasteiger partial charge on any atom is -0.496 e. The molecule has 2 rings (SSSR count). The lowest BCUT2D eigenvalue weighted by molar-refractivity contribution is 0.104. The molecule has 0 saturated carbocycles. The van der Waals surface area contributed by atoms with Gasteiger partial charge in [0.2, 0.25) is 0 Å². The van der Waals surface area contributed by atoms with Crippen LogP contribution in [0.5, 0.6) is 5.75 Å². The number of benzene rings is 2. The van der Waals surface area contributed by atoms with Crippen LogP contribution in [0, 0.1) is 0 Å². The van der Waals surface area contributed by atoms with E-state index in [1.54, 1.807) is 38.5 Å². The van der Waals surface area contributed by atoms with E-state index < -0.39 is 0 Å². The van der Waals surface area contributed by atoms with Crippen LogP contribution >= 0.6 is 15.9 Å². The molecule has 0 amide bonds. The third-order valence-electron chi connectivity index (χ3n) is 3.16. The van der Waals surface area contributed by atoms with E-state index in [0.717, 1.165) is 21.3 Å². The molecule has 0 heterocycles. The molecule has 0 atom stereocenters. The number of hydrogen-bond acceptors (Lipinski definition) is 3. The minimum atomic E-state index is -0.0309. The van der Waals surface area contributed by atoms with Gasteiger partial charge in [0, 0.05) is 22.7 Å². The first-order valence-corrected chi connectivity index (χ1v) is 7.57. The van der Waals surface area contributed by atoms with E-state index in [1.165, 1.54) is 0 Å². The molecule has 0 radical (unpaired) electrons. The third kappa shape index (κ3) is 4.29. The second-order valence-corrected chi connectivity index (χ2v) is 5.62. The van der Waals surface area contributed by atoms with Crippen LogP contribution < -0.4 is 4.74 Å². The highest BCUT2D eigenvalue weighted by Gasteiger charge is 2.04. The molecule has 0 aliphatic carbocycles. The van der Waals surface area contributed by atoms with E-state index in [4.69, 9.17) is 9.47 Å². The van der Waals surface area contributed by atoms with Gasteiger partial charge in [0.05, 0.1) is 13.7 Å². The number of carbonyl (C=O) groups is 1. The molecule has 0 N–H and O–H groups in total. The maximum atomic E-state index is 12.1. The summed E-state index contributed by atoms with van der Waals surface area (Å²) < 4.78 is 11.4. The molecule has 0 aromatic heterocycles. The lowest BCUT2D eigenvalue weighted by Gasteiger charge is -2.08. The molecule has 22 heavy (non-hydrogen) atoms. The van der Waals surface area contributed by atoms with Crippen molar-refractivity contribution in [3.8, 4) is 5.75 Å².